The summed E-state index contributed by atoms with van der Waals surface area (Å²) in [5.41, 5.74) is -0.338. The lowest BCUT2D eigenvalue weighted by atomic mass is 9.88. The van der Waals surface area contributed by atoms with Crippen molar-refractivity contribution < 1.29 is 9.53 Å². The van der Waals surface area contributed by atoms with E-state index in [0.29, 0.717) is 0 Å². The highest BCUT2D eigenvalue weighted by Crippen LogP contribution is 2.38. The lowest BCUT2D eigenvalue weighted by molar-refractivity contribution is 0.00552. The molecule has 104 valence electrons. The standard InChI is InChI=1S/C14H26N2O2/c1-13(2,3)18-12(17)16-11-5-7-14(16)6-4-9-15-10-8-14/h15H,4-11H2,1-3H3/t14-/m0/s1. The zero-order valence-corrected chi connectivity index (χ0v) is 11.9. The normalized spacial score (nSPS) is 29.4. The first-order valence-corrected chi connectivity index (χ1v) is 7.14. The fourth-order valence-corrected chi connectivity index (χ4v) is 3.17. The summed E-state index contributed by atoms with van der Waals surface area (Å²) in [6.45, 7) is 8.74. The third-order valence-corrected chi connectivity index (χ3v) is 3.97. The second-order valence-corrected chi connectivity index (χ2v) is 6.56. The quantitative estimate of drug-likeness (QED) is 0.722. The van der Waals surface area contributed by atoms with Crippen LogP contribution in [0.4, 0.5) is 4.79 Å². The lowest BCUT2D eigenvalue weighted by Crippen LogP contribution is -2.49. The molecule has 0 aromatic heterocycles. The maximum atomic E-state index is 12.3. The van der Waals surface area contributed by atoms with Crippen LogP contribution in [0.3, 0.4) is 0 Å². The van der Waals surface area contributed by atoms with Crippen LogP contribution in [0.25, 0.3) is 0 Å². The molecule has 0 aromatic rings. The highest BCUT2D eigenvalue weighted by atomic mass is 16.6. The molecule has 1 atom stereocenters. The zero-order chi connectivity index (χ0) is 13.2. The molecule has 0 aromatic carbocycles. The van der Waals surface area contributed by atoms with Crippen molar-refractivity contribution in [2.45, 2.75) is 64.0 Å². The van der Waals surface area contributed by atoms with Gasteiger partial charge in [0.1, 0.15) is 5.60 Å². The smallest absolute Gasteiger partial charge is 0.410 e. The van der Waals surface area contributed by atoms with E-state index >= 15 is 0 Å². The molecule has 2 aliphatic rings. The Kier molecular flexibility index (Phi) is 3.85. The van der Waals surface area contributed by atoms with Gasteiger partial charge in [0.2, 0.25) is 0 Å². The van der Waals surface area contributed by atoms with Gasteiger partial charge in [-0.25, -0.2) is 4.79 Å². The fraction of sp³-hybridized carbons (Fsp3) is 0.929. The molecular formula is C14H26N2O2. The molecule has 1 spiro atoms. The molecule has 4 heteroatoms. The van der Waals surface area contributed by atoms with Crippen LogP contribution in [0.15, 0.2) is 0 Å². The molecule has 0 saturated carbocycles. The van der Waals surface area contributed by atoms with E-state index in [1.54, 1.807) is 0 Å². The van der Waals surface area contributed by atoms with Crippen LogP contribution in [0, 0.1) is 0 Å². The van der Waals surface area contributed by atoms with Gasteiger partial charge in [-0.3, -0.25) is 0 Å². The number of carbonyl (C=O) groups is 1. The van der Waals surface area contributed by atoms with Gasteiger partial charge in [0.05, 0.1) is 0 Å². The molecule has 2 saturated heterocycles. The Hall–Kier alpha value is -0.770. The maximum Gasteiger partial charge on any atom is 0.410 e. The van der Waals surface area contributed by atoms with Crippen LogP contribution in [-0.2, 0) is 4.74 Å². The SMILES string of the molecule is CC(C)(C)OC(=O)N1CCC[C@]12CCCNCC2. The van der Waals surface area contributed by atoms with Gasteiger partial charge in [0.25, 0.3) is 0 Å². The van der Waals surface area contributed by atoms with E-state index < -0.39 is 5.60 Å². The first kappa shape index (κ1) is 13.7. The lowest BCUT2D eigenvalue weighted by Gasteiger charge is -2.38. The van der Waals surface area contributed by atoms with Crippen LogP contribution in [0.5, 0.6) is 0 Å². The van der Waals surface area contributed by atoms with Gasteiger partial charge < -0.3 is 15.0 Å². The Morgan fingerprint density at radius 1 is 1.17 bits per heavy atom. The molecule has 1 N–H and O–H groups in total. The summed E-state index contributed by atoms with van der Waals surface area (Å²) in [4.78, 5) is 14.3. The van der Waals surface area contributed by atoms with Gasteiger partial charge in [-0.2, -0.15) is 0 Å². The minimum absolute atomic E-state index is 0.0613. The predicted octanol–water partition coefficient (Wildman–Crippen LogP) is 2.53. The van der Waals surface area contributed by atoms with Crippen molar-refractivity contribution in [3.63, 3.8) is 0 Å². The van der Waals surface area contributed by atoms with Crippen LogP contribution < -0.4 is 5.32 Å². The summed E-state index contributed by atoms with van der Waals surface area (Å²) in [5, 5.41) is 3.43. The minimum Gasteiger partial charge on any atom is -0.444 e. The number of amides is 1. The Morgan fingerprint density at radius 2 is 1.89 bits per heavy atom. The topological polar surface area (TPSA) is 41.6 Å². The minimum atomic E-state index is -0.399. The predicted molar refractivity (Wildman–Crippen MR) is 71.6 cm³/mol. The van der Waals surface area contributed by atoms with Crippen molar-refractivity contribution in [1.82, 2.24) is 10.2 Å². The third-order valence-electron chi connectivity index (χ3n) is 3.97. The first-order valence-electron chi connectivity index (χ1n) is 7.14. The van der Waals surface area contributed by atoms with Gasteiger partial charge in [0, 0.05) is 12.1 Å². The van der Waals surface area contributed by atoms with Crippen molar-refractivity contribution >= 4 is 6.09 Å². The second-order valence-electron chi connectivity index (χ2n) is 6.56. The van der Waals surface area contributed by atoms with Crippen molar-refractivity contribution in [3.05, 3.63) is 0 Å². The summed E-state index contributed by atoms with van der Waals surface area (Å²) < 4.78 is 5.56. The number of nitrogens with one attached hydrogen (secondary N) is 1. The molecule has 2 rings (SSSR count). The molecule has 2 aliphatic heterocycles. The number of nitrogens with zero attached hydrogens (tertiary/aromatic N) is 1. The summed E-state index contributed by atoms with van der Waals surface area (Å²) in [7, 11) is 0. The molecule has 1 amide bonds. The van der Waals surface area contributed by atoms with E-state index in [9.17, 15) is 4.79 Å². The molecule has 4 nitrogen and oxygen atoms in total. The van der Waals surface area contributed by atoms with Crippen LogP contribution in [-0.4, -0.2) is 41.8 Å². The highest BCUT2D eigenvalue weighted by molar-refractivity contribution is 5.69. The first-order chi connectivity index (χ1) is 8.43. The molecule has 2 fully saturated rings. The number of rotatable bonds is 0. The van der Waals surface area contributed by atoms with E-state index in [1.807, 2.05) is 25.7 Å². The molecule has 18 heavy (non-hydrogen) atoms. The van der Waals surface area contributed by atoms with E-state index in [1.165, 1.54) is 0 Å². The van der Waals surface area contributed by atoms with E-state index in [4.69, 9.17) is 4.74 Å². The molecule has 0 unspecified atom stereocenters. The highest BCUT2D eigenvalue weighted by Gasteiger charge is 2.44. The summed E-state index contributed by atoms with van der Waals surface area (Å²) in [6.07, 6.45) is 5.44. The van der Waals surface area contributed by atoms with E-state index in [2.05, 4.69) is 5.32 Å². The number of hydrogen-bond acceptors (Lipinski definition) is 3. The number of ether oxygens (including phenoxy) is 1. The van der Waals surface area contributed by atoms with E-state index in [-0.39, 0.29) is 11.6 Å². The maximum absolute atomic E-state index is 12.3. The van der Waals surface area contributed by atoms with Gasteiger partial charge in [-0.15, -0.1) is 0 Å². The number of hydrogen-bond donors (Lipinski definition) is 1. The Bertz CT molecular complexity index is 301. The van der Waals surface area contributed by atoms with Crippen LogP contribution in [0.2, 0.25) is 0 Å². The summed E-state index contributed by atoms with van der Waals surface area (Å²) in [5.74, 6) is 0. The van der Waals surface area contributed by atoms with E-state index in [0.717, 1.165) is 51.7 Å². The zero-order valence-electron chi connectivity index (χ0n) is 11.9. The van der Waals surface area contributed by atoms with Crippen molar-refractivity contribution in [1.29, 1.82) is 0 Å². The fourth-order valence-electron chi connectivity index (χ4n) is 3.17. The third kappa shape index (κ3) is 2.97. The average molecular weight is 254 g/mol. The molecular weight excluding hydrogens is 228 g/mol. The molecule has 0 aliphatic carbocycles. The van der Waals surface area contributed by atoms with Crippen molar-refractivity contribution in [3.8, 4) is 0 Å². The van der Waals surface area contributed by atoms with Crippen LogP contribution in [0.1, 0.15) is 52.9 Å². The Labute approximate surface area is 110 Å². The van der Waals surface area contributed by atoms with Gasteiger partial charge in [0.15, 0.2) is 0 Å². The summed E-state index contributed by atoms with van der Waals surface area (Å²) >= 11 is 0. The average Bonchev–Trinajstić information content (AvgIpc) is 2.49. The van der Waals surface area contributed by atoms with Crippen LogP contribution >= 0.6 is 0 Å². The molecule has 0 bridgehead atoms. The van der Waals surface area contributed by atoms with Gasteiger partial charge in [-0.1, -0.05) is 0 Å². The Balaban J connectivity index is 2.08. The number of carbonyl (C=O) groups excluding carboxylic acids is 1. The Morgan fingerprint density at radius 3 is 2.61 bits per heavy atom. The van der Waals surface area contributed by atoms with Crippen molar-refractivity contribution in [2.75, 3.05) is 19.6 Å². The molecule has 0 radical (unpaired) electrons. The van der Waals surface area contributed by atoms with Gasteiger partial charge in [-0.05, 0) is 66.0 Å². The largest absolute Gasteiger partial charge is 0.444 e. The van der Waals surface area contributed by atoms with Crippen molar-refractivity contribution in [2.24, 2.45) is 0 Å². The second kappa shape index (κ2) is 5.08. The number of likely N-dealkylation sites (tertiary alicyclic amines) is 1. The summed E-state index contributed by atoms with van der Waals surface area (Å²) in [6, 6.07) is 0. The van der Waals surface area contributed by atoms with Gasteiger partial charge >= 0.3 is 6.09 Å². The monoisotopic (exact) mass is 254 g/mol. The molecule has 2 heterocycles.